The van der Waals surface area contributed by atoms with Gasteiger partial charge in [-0.15, -0.1) is 0 Å². The van der Waals surface area contributed by atoms with Gasteiger partial charge in [0.15, 0.2) is 0 Å². The summed E-state index contributed by atoms with van der Waals surface area (Å²) in [5.41, 5.74) is 5.54. The maximum atomic E-state index is 12.1. The lowest BCUT2D eigenvalue weighted by Crippen LogP contribution is -2.51. The number of carbonyl (C=O) groups is 2. The number of nitrogens with two attached hydrogens (primary N) is 1. The molecule has 7 nitrogen and oxygen atoms in total. The summed E-state index contributed by atoms with van der Waals surface area (Å²) in [6.07, 6.45) is -0.0837. The lowest BCUT2D eigenvalue weighted by atomic mass is 10.2. The molecule has 0 bridgehead atoms. The molecule has 2 fully saturated rings. The standard InChI is InChI=1S/C11H20N4O3/c1-13-2-3-15(11(13)17)8-10(16)14-4-5-18-9(6-12)7-14/h9H,2-8,12H2,1H3/t9-/m0/s1. The van der Waals surface area contributed by atoms with E-state index in [0.717, 1.165) is 0 Å². The van der Waals surface area contributed by atoms with E-state index >= 15 is 0 Å². The van der Waals surface area contributed by atoms with Crippen molar-refractivity contribution in [2.45, 2.75) is 6.10 Å². The monoisotopic (exact) mass is 256 g/mol. The summed E-state index contributed by atoms with van der Waals surface area (Å²) >= 11 is 0. The lowest BCUT2D eigenvalue weighted by molar-refractivity contribution is -0.138. The van der Waals surface area contributed by atoms with Gasteiger partial charge in [0.25, 0.3) is 0 Å². The van der Waals surface area contributed by atoms with Gasteiger partial charge in [-0.2, -0.15) is 0 Å². The molecule has 2 N–H and O–H groups in total. The highest BCUT2D eigenvalue weighted by Crippen LogP contribution is 2.09. The Balaban J connectivity index is 1.86. The molecule has 18 heavy (non-hydrogen) atoms. The molecule has 0 saturated carbocycles. The summed E-state index contributed by atoms with van der Waals surface area (Å²) in [6, 6.07) is -0.0769. The Kier molecular flexibility index (Phi) is 4.03. The van der Waals surface area contributed by atoms with E-state index in [2.05, 4.69) is 0 Å². The number of carbonyl (C=O) groups excluding carboxylic acids is 2. The summed E-state index contributed by atoms with van der Waals surface area (Å²) in [6.45, 7) is 3.48. The molecular formula is C11H20N4O3. The third-order valence-corrected chi connectivity index (χ3v) is 3.38. The zero-order valence-electron chi connectivity index (χ0n) is 10.7. The van der Waals surface area contributed by atoms with Crippen molar-refractivity contribution in [3.8, 4) is 0 Å². The largest absolute Gasteiger partial charge is 0.373 e. The molecule has 2 saturated heterocycles. The number of ether oxygens (including phenoxy) is 1. The molecule has 0 aromatic rings. The first-order valence-electron chi connectivity index (χ1n) is 6.21. The maximum absolute atomic E-state index is 12.1. The maximum Gasteiger partial charge on any atom is 0.320 e. The second-order valence-electron chi connectivity index (χ2n) is 4.69. The fourth-order valence-corrected chi connectivity index (χ4v) is 2.20. The van der Waals surface area contributed by atoms with Gasteiger partial charge in [-0.05, 0) is 0 Å². The van der Waals surface area contributed by atoms with Gasteiger partial charge in [0.1, 0.15) is 6.54 Å². The van der Waals surface area contributed by atoms with Crippen molar-refractivity contribution in [2.24, 2.45) is 5.73 Å². The number of likely N-dealkylation sites (N-methyl/N-ethyl adjacent to an activating group) is 1. The smallest absolute Gasteiger partial charge is 0.320 e. The van der Waals surface area contributed by atoms with Crippen LogP contribution in [0.1, 0.15) is 0 Å². The molecule has 0 spiro atoms. The lowest BCUT2D eigenvalue weighted by Gasteiger charge is -2.33. The van der Waals surface area contributed by atoms with Crippen LogP contribution in [0.15, 0.2) is 0 Å². The fraction of sp³-hybridized carbons (Fsp3) is 0.818. The molecule has 7 heteroatoms. The van der Waals surface area contributed by atoms with Crippen molar-refractivity contribution < 1.29 is 14.3 Å². The zero-order valence-corrected chi connectivity index (χ0v) is 10.7. The third kappa shape index (κ3) is 2.73. The predicted octanol–water partition coefficient (Wildman–Crippen LogP) is -1.46. The van der Waals surface area contributed by atoms with E-state index in [1.54, 1.807) is 21.7 Å². The SMILES string of the molecule is CN1CCN(CC(=O)N2CCO[C@@H](CN)C2)C1=O. The van der Waals surface area contributed by atoms with Crippen molar-refractivity contribution in [3.05, 3.63) is 0 Å². The van der Waals surface area contributed by atoms with Crippen LogP contribution in [-0.4, -0.2) is 85.7 Å². The molecule has 0 aromatic carbocycles. The van der Waals surface area contributed by atoms with Gasteiger partial charge in [0.05, 0.1) is 12.7 Å². The van der Waals surface area contributed by atoms with E-state index in [1.165, 1.54) is 0 Å². The minimum atomic E-state index is -0.0837. The quantitative estimate of drug-likeness (QED) is 0.669. The Morgan fingerprint density at radius 1 is 1.44 bits per heavy atom. The normalized spacial score (nSPS) is 24.9. The minimum absolute atomic E-state index is 0.0274. The van der Waals surface area contributed by atoms with Gasteiger partial charge in [0, 0.05) is 39.8 Å². The van der Waals surface area contributed by atoms with Crippen LogP contribution in [0.5, 0.6) is 0 Å². The van der Waals surface area contributed by atoms with Crippen molar-refractivity contribution in [1.29, 1.82) is 0 Å². The number of hydrogen-bond acceptors (Lipinski definition) is 4. The van der Waals surface area contributed by atoms with Crippen molar-refractivity contribution >= 4 is 11.9 Å². The first kappa shape index (κ1) is 13.1. The highest BCUT2D eigenvalue weighted by atomic mass is 16.5. The summed E-state index contributed by atoms with van der Waals surface area (Å²) in [5, 5.41) is 0. The van der Waals surface area contributed by atoms with Gasteiger partial charge >= 0.3 is 6.03 Å². The Bertz CT molecular complexity index is 336. The second-order valence-corrected chi connectivity index (χ2v) is 4.69. The predicted molar refractivity (Wildman–Crippen MR) is 65.0 cm³/mol. The minimum Gasteiger partial charge on any atom is -0.373 e. The van der Waals surface area contributed by atoms with Gasteiger partial charge in [-0.25, -0.2) is 4.79 Å². The number of amides is 3. The van der Waals surface area contributed by atoms with Gasteiger partial charge in [-0.1, -0.05) is 0 Å². The van der Waals surface area contributed by atoms with E-state index in [0.29, 0.717) is 39.3 Å². The van der Waals surface area contributed by atoms with Crippen LogP contribution in [0.3, 0.4) is 0 Å². The molecule has 0 aromatic heterocycles. The van der Waals surface area contributed by atoms with Crippen LogP contribution in [0.2, 0.25) is 0 Å². The van der Waals surface area contributed by atoms with E-state index < -0.39 is 0 Å². The van der Waals surface area contributed by atoms with Crippen LogP contribution in [0.25, 0.3) is 0 Å². The van der Waals surface area contributed by atoms with E-state index in [9.17, 15) is 9.59 Å². The highest BCUT2D eigenvalue weighted by Gasteiger charge is 2.30. The Hall–Kier alpha value is -1.34. The number of rotatable bonds is 3. The summed E-state index contributed by atoms with van der Waals surface area (Å²) in [5.74, 6) is -0.0274. The molecular weight excluding hydrogens is 236 g/mol. The number of urea groups is 1. The van der Waals surface area contributed by atoms with Gasteiger partial charge in [-0.3, -0.25) is 4.79 Å². The van der Waals surface area contributed by atoms with E-state index in [-0.39, 0.29) is 24.6 Å². The molecule has 0 unspecified atom stereocenters. The van der Waals surface area contributed by atoms with Crippen LogP contribution in [0, 0.1) is 0 Å². The molecule has 102 valence electrons. The Morgan fingerprint density at radius 3 is 2.83 bits per heavy atom. The molecule has 2 heterocycles. The van der Waals surface area contributed by atoms with Gasteiger partial charge in [0.2, 0.25) is 5.91 Å². The van der Waals surface area contributed by atoms with Crippen molar-refractivity contribution in [2.75, 3.05) is 52.9 Å². The molecule has 3 amide bonds. The average Bonchev–Trinajstić information content (AvgIpc) is 2.71. The molecule has 0 radical (unpaired) electrons. The fourth-order valence-electron chi connectivity index (χ4n) is 2.20. The van der Waals surface area contributed by atoms with E-state index in [1.807, 2.05) is 0 Å². The second kappa shape index (κ2) is 5.53. The number of nitrogens with zero attached hydrogens (tertiary/aromatic N) is 3. The molecule has 0 aliphatic carbocycles. The van der Waals surface area contributed by atoms with Crippen molar-refractivity contribution in [1.82, 2.24) is 14.7 Å². The summed E-state index contributed by atoms with van der Waals surface area (Å²) < 4.78 is 5.41. The van der Waals surface area contributed by atoms with Crippen LogP contribution in [-0.2, 0) is 9.53 Å². The zero-order chi connectivity index (χ0) is 13.1. The summed E-state index contributed by atoms with van der Waals surface area (Å²) in [7, 11) is 1.74. The third-order valence-electron chi connectivity index (χ3n) is 3.38. The Morgan fingerprint density at radius 2 is 2.22 bits per heavy atom. The van der Waals surface area contributed by atoms with Crippen LogP contribution < -0.4 is 5.73 Å². The first-order valence-corrected chi connectivity index (χ1v) is 6.21. The highest BCUT2D eigenvalue weighted by molar-refractivity contribution is 5.85. The molecule has 2 aliphatic heterocycles. The van der Waals surface area contributed by atoms with Crippen LogP contribution >= 0.6 is 0 Å². The van der Waals surface area contributed by atoms with Crippen molar-refractivity contribution in [3.63, 3.8) is 0 Å². The first-order chi connectivity index (χ1) is 8.61. The Labute approximate surface area is 106 Å². The average molecular weight is 256 g/mol. The number of morpholine rings is 1. The molecule has 2 aliphatic rings. The molecule has 2 rings (SSSR count). The van der Waals surface area contributed by atoms with Crippen LogP contribution in [0.4, 0.5) is 4.79 Å². The molecule has 1 atom stereocenters. The van der Waals surface area contributed by atoms with Gasteiger partial charge < -0.3 is 25.2 Å². The summed E-state index contributed by atoms with van der Waals surface area (Å²) in [4.78, 5) is 28.7. The number of hydrogen-bond donors (Lipinski definition) is 1. The van der Waals surface area contributed by atoms with E-state index in [4.69, 9.17) is 10.5 Å². The topological polar surface area (TPSA) is 79.1 Å².